The predicted molar refractivity (Wildman–Crippen MR) is 102 cm³/mol. The van der Waals surface area contributed by atoms with Crippen molar-refractivity contribution in [3.63, 3.8) is 0 Å². The average molecular weight is 407 g/mol. The molecule has 0 aliphatic carbocycles. The monoisotopic (exact) mass is 406 g/mol. The third-order valence-corrected chi connectivity index (χ3v) is 5.64. The number of anilines is 1. The summed E-state index contributed by atoms with van der Waals surface area (Å²) in [6, 6.07) is 10.9. The van der Waals surface area contributed by atoms with Crippen molar-refractivity contribution < 1.29 is 22.7 Å². The number of rotatable bonds is 7. The Morgan fingerprint density at radius 3 is 2.63 bits per heavy atom. The number of aliphatic hydroxyl groups is 1. The quantitative estimate of drug-likeness (QED) is 0.458. The lowest BCUT2D eigenvalue weighted by atomic mass is 10.3. The molecular weight excluding hydrogens is 392 g/mol. The number of fused-ring (bicyclic) bond motifs is 1. The standard InChI is InChI=1S/C18H15ClN2O5S/c19-13-1-6-17-16(9-13)21-18(26-17)12(11-23)10-20-14-2-4-15(5-3-14)27(24,25)8-7-22/h1-6,9-11,20,22H,7-8H2/b12-10-. The highest BCUT2D eigenvalue weighted by atomic mass is 35.5. The fourth-order valence-electron chi connectivity index (χ4n) is 2.33. The molecule has 0 saturated heterocycles. The number of hydrogen-bond acceptors (Lipinski definition) is 7. The molecule has 0 fully saturated rings. The highest BCUT2D eigenvalue weighted by Gasteiger charge is 2.13. The fourth-order valence-corrected chi connectivity index (χ4v) is 3.52. The molecule has 0 radical (unpaired) electrons. The van der Waals surface area contributed by atoms with Crippen LogP contribution >= 0.6 is 11.6 Å². The van der Waals surface area contributed by atoms with Crippen LogP contribution in [-0.2, 0) is 14.6 Å². The van der Waals surface area contributed by atoms with Gasteiger partial charge in [0.05, 0.1) is 22.8 Å². The van der Waals surface area contributed by atoms with Gasteiger partial charge in [0, 0.05) is 16.9 Å². The number of nitrogens with zero attached hydrogens (tertiary/aromatic N) is 1. The second-order valence-electron chi connectivity index (χ2n) is 5.56. The molecule has 0 aliphatic heterocycles. The smallest absolute Gasteiger partial charge is 0.232 e. The molecule has 7 nitrogen and oxygen atoms in total. The summed E-state index contributed by atoms with van der Waals surface area (Å²) in [6.45, 7) is -0.441. The summed E-state index contributed by atoms with van der Waals surface area (Å²) in [4.78, 5) is 15.7. The second-order valence-corrected chi connectivity index (χ2v) is 8.11. The number of carbonyl (C=O) groups is 1. The van der Waals surface area contributed by atoms with Crippen molar-refractivity contribution in [3.8, 4) is 0 Å². The molecular formula is C18H15ClN2O5S. The maximum absolute atomic E-state index is 11.9. The molecule has 2 N–H and O–H groups in total. The number of aldehydes is 1. The molecule has 1 heterocycles. The van der Waals surface area contributed by atoms with Gasteiger partial charge in [0.15, 0.2) is 21.7 Å². The van der Waals surface area contributed by atoms with Crippen LogP contribution in [0, 0.1) is 0 Å². The molecule has 3 rings (SSSR count). The van der Waals surface area contributed by atoms with Gasteiger partial charge in [-0.3, -0.25) is 4.79 Å². The van der Waals surface area contributed by atoms with E-state index in [0.717, 1.165) is 0 Å². The number of allylic oxidation sites excluding steroid dienone is 1. The lowest BCUT2D eigenvalue weighted by Gasteiger charge is -2.05. The lowest BCUT2D eigenvalue weighted by molar-refractivity contribution is -0.103. The van der Waals surface area contributed by atoms with E-state index in [1.54, 1.807) is 30.3 Å². The SMILES string of the molecule is O=C/C(=C/Nc1ccc(S(=O)(=O)CCO)cc1)c1nc2cc(Cl)ccc2o1. The number of nitrogens with one attached hydrogen (secondary N) is 1. The first-order chi connectivity index (χ1) is 12.9. The first-order valence-corrected chi connectivity index (χ1v) is 9.88. The number of sulfone groups is 1. The van der Waals surface area contributed by atoms with Gasteiger partial charge in [0.25, 0.3) is 0 Å². The maximum atomic E-state index is 11.9. The third kappa shape index (κ3) is 4.36. The minimum Gasteiger partial charge on any atom is -0.436 e. The van der Waals surface area contributed by atoms with E-state index >= 15 is 0 Å². The van der Waals surface area contributed by atoms with Gasteiger partial charge in [0.2, 0.25) is 5.89 Å². The summed E-state index contributed by atoms with van der Waals surface area (Å²) < 4.78 is 29.3. The third-order valence-electron chi connectivity index (χ3n) is 3.69. The van der Waals surface area contributed by atoms with Gasteiger partial charge in [-0.15, -0.1) is 0 Å². The Morgan fingerprint density at radius 2 is 1.96 bits per heavy atom. The Morgan fingerprint density at radius 1 is 1.22 bits per heavy atom. The van der Waals surface area contributed by atoms with Crippen molar-refractivity contribution in [1.29, 1.82) is 0 Å². The molecule has 0 unspecified atom stereocenters. The van der Waals surface area contributed by atoms with Gasteiger partial charge in [0.1, 0.15) is 5.52 Å². The summed E-state index contributed by atoms with van der Waals surface area (Å²) in [5.74, 6) is -0.201. The molecule has 3 aromatic rings. The molecule has 27 heavy (non-hydrogen) atoms. The van der Waals surface area contributed by atoms with E-state index in [9.17, 15) is 13.2 Å². The van der Waals surface area contributed by atoms with Gasteiger partial charge in [-0.25, -0.2) is 13.4 Å². The van der Waals surface area contributed by atoms with E-state index in [0.29, 0.717) is 28.1 Å². The molecule has 0 saturated carbocycles. The summed E-state index contributed by atoms with van der Waals surface area (Å²) in [7, 11) is -3.51. The summed E-state index contributed by atoms with van der Waals surface area (Å²) in [5.41, 5.74) is 1.78. The molecule has 0 amide bonds. The number of aromatic nitrogens is 1. The number of oxazole rings is 1. The molecule has 0 atom stereocenters. The van der Waals surface area contributed by atoms with Crippen LogP contribution in [0.4, 0.5) is 5.69 Å². The van der Waals surface area contributed by atoms with Gasteiger partial charge in [-0.2, -0.15) is 0 Å². The van der Waals surface area contributed by atoms with Crippen molar-refractivity contribution in [3.05, 3.63) is 59.6 Å². The van der Waals surface area contributed by atoms with Crippen molar-refractivity contribution in [2.45, 2.75) is 4.90 Å². The maximum Gasteiger partial charge on any atom is 0.232 e. The number of aliphatic hydroxyl groups excluding tert-OH is 1. The first-order valence-electron chi connectivity index (χ1n) is 7.85. The van der Waals surface area contributed by atoms with Gasteiger partial charge < -0.3 is 14.8 Å². The van der Waals surface area contributed by atoms with Crippen molar-refractivity contribution in [2.75, 3.05) is 17.7 Å². The molecule has 140 valence electrons. The topological polar surface area (TPSA) is 110 Å². The zero-order valence-electron chi connectivity index (χ0n) is 13.9. The molecule has 0 aliphatic rings. The van der Waals surface area contributed by atoms with Crippen LogP contribution in [0.3, 0.4) is 0 Å². The van der Waals surface area contributed by atoms with E-state index in [1.807, 2.05) is 0 Å². The molecule has 9 heteroatoms. The van der Waals surface area contributed by atoms with Crippen molar-refractivity contribution in [2.24, 2.45) is 0 Å². The van der Waals surface area contributed by atoms with E-state index < -0.39 is 16.4 Å². The first kappa shape index (κ1) is 19.1. The zero-order chi connectivity index (χ0) is 19.4. The Bertz CT molecular complexity index is 1100. The minimum atomic E-state index is -3.51. The largest absolute Gasteiger partial charge is 0.436 e. The normalized spacial score (nSPS) is 12.3. The number of hydrogen-bond donors (Lipinski definition) is 2. The van der Waals surface area contributed by atoms with Gasteiger partial charge in [-0.05, 0) is 42.5 Å². The minimum absolute atomic E-state index is 0.109. The summed E-state index contributed by atoms with van der Waals surface area (Å²) in [5, 5.41) is 12.2. The highest BCUT2D eigenvalue weighted by Crippen LogP contribution is 2.23. The highest BCUT2D eigenvalue weighted by molar-refractivity contribution is 7.91. The Kier molecular flexibility index (Phi) is 5.59. The molecule has 2 aromatic carbocycles. The van der Waals surface area contributed by atoms with E-state index in [1.165, 1.54) is 18.3 Å². The average Bonchev–Trinajstić information content (AvgIpc) is 3.05. The van der Waals surface area contributed by atoms with E-state index in [-0.39, 0.29) is 22.1 Å². The van der Waals surface area contributed by atoms with E-state index in [4.69, 9.17) is 21.1 Å². The lowest BCUT2D eigenvalue weighted by Crippen LogP contribution is -2.09. The Hall–Kier alpha value is -2.68. The molecule has 0 spiro atoms. The van der Waals surface area contributed by atoms with Crippen LogP contribution in [0.5, 0.6) is 0 Å². The summed E-state index contributed by atoms with van der Waals surface area (Å²) >= 11 is 5.91. The van der Waals surface area contributed by atoms with E-state index in [2.05, 4.69) is 10.3 Å². The van der Waals surface area contributed by atoms with Crippen LogP contribution in [0.25, 0.3) is 16.7 Å². The number of benzene rings is 2. The molecule has 0 bridgehead atoms. The molecule has 1 aromatic heterocycles. The van der Waals surface area contributed by atoms with Gasteiger partial charge >= 0.3 is 0 Å². The van der Waals surface area contributed by atoms with Crippen LogP contribution < -0.4 is 5.32 Å². The second kappa shape index (κ2) is 7.91. The van der Waals surface area contributed by atoms with Crippen molar-refractivity contribution >= 4 is 50.1 Å². The predicted octanol–water partition coefficient (Wildman–Crippen LogP) is 2.90. The number of halogens is 1. The zero-order valence-corrected chi connectivity index (χ0v) is 15.5. The van der Waals surface area contributed by atoms with Crippen molar-refractivity contribution in [1.82, 2.24) is 4.98 Å². The number of carbonyl (C=O) groups excluding carboxylic acids is 1. The Balaban J connectivity index is 1.81. The van der Waals surface area contributed by atoms with Crippen LogP contribution in [0.15, 0.2) is 58.0 Å². The van der Waals surface area contributed by atoms with Gasteiger partial charge in [-0.1, -0.05) is 11.6 Å². The Labute approximate surface area is 160 Å². The van der Waals surface area contributed by atoms with Crippen LogP contribution in [0.2, 0.25) is 5.02 Å². The van der Waals surface area contributed by atoms with Crippen LogP contribution in [0.1, 0.15) is 5.89 Å². The fraction of sp³-hybridized carbons (Fsp3) is 0.111. The summed E-state index contributed by atoms with van der Waals surface area (Å²) in [6.07, 6.45) is 2.01. The van der Waals surface area contributed by atoms with Crippen LogP contribution in [-0.4, -0.2) is 37.2 Å².